The number of rotatable bonds is 4. The molecule has 0 aliphatic heterocycles. The van der Waals surface area contributed by atoms with Crippen LogP contribution in [0.5, 0.6) is 0 Å². The lowest BCUT2D eigenvalue weighted by atomic mass is 9.81. The van der Waals surface area contributed by atoms with E-state index >= 15 is 0 Å². The van der Waals surface area contributed by atoms with E-state index in [1.807, 2.05) is 11.3 Å². The first-order valence-corrected chi connectivity index (χ1v) is 8.47. The Bertz CT molecular complexity index is 378. The van der Waals surface area contributed by atoms with Crippen LogP contribution in [0.4, 0.5) is 0 Å². The molecular weight excluding hydrogens is 240 g/mol. The Morgan fingerprint density at radius 3 is 2.89 bits per heavy atom. The van der Waals surface area contributed by atoms with Gasteiger partial charge in [-0.2, -0.15) is 0 Å². The predicted octanol–water partition coefficient (Wildman–Crippen LogP) is 4.50. The smallest absolute Gasteiger partial charge is 0.0609 e. The predicted molar refractivity (Wildman–Crippen MR) is 77.2 cm³/mol. The first kappa shape index (κ1) is 12.7. The lowest BCUT2D eigenvalue weighted by Gasteiger charge is -2.28. The Hall–Kier alpha value is -0.340. The molecule has 18 heavy (non-hydrogen) atoms. The molecule has 0 bridgehead atoms. The second-order valence-electron chi connectivity index (χ2n) is 6.09. The van der Waals surface area contributed by atoms with Crippen LogP contribution in [0.15, 0.2) is 11.4 Å². The summed E-state index contributed by atoms with van der Waals surface area (Å²) in [6.45, 7) is 0. The van der Waals surface area contributed by atoms with E-state index in [2.05, 4.69) is 11.4 Å². The molecule has 0 radical (unpaired) electrons. The summed E-state index contributed by atoms with van der Waals surface area (Å²) in [6.07, 6.45) is 11.5. The molecule has 100 valence electrons. The minimum Gasteiger partial charge on any atom is -0.392 e. The zero-order valence-electron chi connectivity index (χ0n) is 11.1. The lowest BCUT2D eigenvalue weighted by Crippen LogP contribution is -2.22. The van der Waals surface area contributed by atoms with Gasteiger partial charge in [-0.1, -0.05) is 25.7 Å². The second kappa shape index (κ2) is 5.75. The molecule has 0 aromatic carbocycles. The van der Waals surface area contributed by atoms with Gasteiger partial charge >= 0.3 is 0 Å². The molecule has 2 heteroatoms. The van der Waals surface area contributed by atoms with Crippen LogP contribution in [0.3, 0.4) is 0 Å². The molecule has 1 nitrogen and oxygen atoms in total. The second-order valence-corrected chi connectivity index (χ2v) is 7.09. The van der Waals surface area contributed by atoms with Crippen molar-refractivity contribution in [3.05, 3.63) is 21.9 Å². The maximum Gasteiger partial charge on any atom is 0.0609 e. The zero-order valence-corrected chi connectivity index (χ0v) is 11.9. The summed E-state index contributed by atoms with van der Waals surface area (Å²) < 4.78 is 0. The molecule has 1 aromatic heterocycles. The van der Waals surface area contributed by atoms with E-state index in [9.17, 15) is 5.11 Å². The molecule has 2 unspecified atom stereocenters. The van der Waals surface area contributed by atoms with Crippen molar-refractivity contribution in [1.29, 1.82) is 0 Å². The molecular formula is C16H24OS. The topological polar surface area (TPSA) is 20.2 Å². The summed E-state index contributed by atoms with van der Waals surface area (Å²) in [7, 11) is 0. The highest BCUT2D eigenvalue weighted by Gasteiger charge is 2.28. The summed E-state index contributed by atoms with van der Waals surface area (Å²) >= 11 is 1.88. The quantitative estimate of drug-likeness (QED) is 0.849. The minimum atomic E-state index is -0.0979. The number of aliphatic hydroxyl groups is 1. The highest BCUT2D eigenvalue weighted by molar-refractivity contribution is 7.10. The maximum atomic E-state index is 10.5. The van der Waals surface area contributed by atoms with Gasteiger partial charge < -0.3 is 5.11 Å². The SMILES string of the molecule is OC(CCC1CCCC1)C1CCCc2sccc21. The van der Waals surface area contributed by atoms with Crippen LogP contribution in [-0.2, 0) is 6.42 Å². The van der Waals surface area contributed by atoms with Crippen molar-refractivity contribution in [2.75, 3.05) is 0 Å². The highest BCUT2D eigenvalue weighted by Crippen LogP contribution is 2.39. The summed E-state index contributed by atoms with van der Waals surface area (Å²) in [5.41, 5.74) is 1.46. The summed E-state index contributed by atoms with van der Waals surface area (Å²) in [4.78, 5) is 1.53. The van der Waals surface area contributed by atoms with Gasteiger partial charge in [0.05, 0.1) is 6.10 Å². The Morgan fingerprint density at radius 2 is 2.06 bits per heavy atom. The third-order valence-corrected chi connectivity index (χ3v) is 5.90. The van der Waals surface area contributed by atoms with Gasteiger partial charge in [0.1, 0.15) is 0 Å². The molecule has 2 aliphatic rings. The molecule has 0 amide bonds. The molecule has 0 saturated heterocycles. The fraction of sp³-hybridized carbons (Fsp3) is 0.750. The number of aliphatic hydroxyl groups excluding tert-OH is 1. The van der Waals surface area contributed by atoms with Gasteiger partial charge in [0, 0.05) is 10.8 Å². The molecule has 1 saturated carbocycles. The van der Waals surface area contributed by atoms with Gasteiger partial charge in [0.15, 0.2) is 0 Å². The normalized spacial score (nSPS) is 26.2. The van der Waals surface area contributed by atoms with E-state index in [4.69, 9.17) is 0 Å². The van der Waals surface area contributed by atoms with E-state index in [0.29, 0.717) is 5.92 Å². The van der Waals surface area contributed by atoms with E-state index in [1.54, 1.807) is 0 Å². The minimum absolute atomic E-state index is 0.0979. The molecule has 1 aromatic rings. The van der Waals surface area contributed by atoms with Crippen LogP contribution < -0.4 is 0 Å². The summed E-state index contributed by atoms with van der Waals surface area (Å²) in [6, 6.07) is 2.25. The van der Waals surface area contributed by atoms with Crippen LogP contribution >= 0.6 is 11.3 Å². The fourth-order valence-electron chi connectivity index (χ4n) is 3.83. The molecule has 1 heterocycles. The van der Waals surface area contributed by atoms with Gasteiger partial charge in [0.25, 0.3) is 0 Å². The van der Waals surface area contributed by atoms with Crippen molar-refractivity contribution in [2.24, 2.45) is 5.92 Å². The van der Waals surface area contributed by atoms with Crippen LogP contribution in [-0.4, -0.2) is 11.2 Å². The number of hydrogen-bond donors (Lipinski definition) is 1. The summed E-state index contributed by atoms with van der Waals surface area (Å²) in [5.74, 6) is 1.34. The van der Waals surface area contributed by atoms with Crippen LogP contribution in [0.1, 0.15) is 67.7 Å². The third-order valence-electron chi connectivity index (χ3n) is 4.91. The number of thiophene rings is 1. The van der Waals surface area contributed by atoms with Gasteiger partial charge in [-0.15, -0.1) is 11.3 Å². The molecule has 1 fully saturated rings. The molecule has 0 spiro atoms. The average Bonchev–Trinajstić information content (AvgIpc) is 3.05. The first-order chi connectivity index (χ1) is 8.84. The monoisotopic (exact) mass is 264 g/mol. The Balaban J connectivity index is 1.58. The first-order valence-electron chi connectivity index (χ1n) is 7.59. The number of fused-ring (bicyclic) bond motifs is 1. The van der Waals surface area contributed by atoms with E-state index < -0.39 is 0 Å². The highest BCUT2D eigenvalue weighted by atomic mass is 32.1. The zero-order chi connectivity index (χ0) is 12.4. The van der Waals surface area contributed by atoms with E-state index in [0.717, 1.165) is 12.3 Å². The van der Waals surface area contributed by atoms with Crippen LogP contribution in [0.2, 0.25) is 0 Å². The Morgan fingerprint density at radius 1 is 1.22 bits per heavy atom. The van der Waals surface area contributed by atoms with Gasteiger partial charge in [-0.25, -0.2) is 0 Å². The van der Waals surface area contributed by atoms with Crippen LogP contribution in [0, 0.1) is 5.92 Å². The standard InChI is InChI=1S/C16H24OS/c17-15(9-8-12-4-1-2-5-12)13-6-3-7-16-14(13)10-11-18-16/h10-13,15,17H,1-9H2. The van der Waals surface area contributed by atoms with Crippen molar-refractivity contribution in [3.63, 3.8) is 0 Å². The van der Waals surface area contributed by atoms with Crippen molar-refractivity contribution in [3.8, 4) is 0 Å². The molecule has 2 aliphatic carbocycles. The van der Waals surface area contributed by atoms with Crippen molar-refractivity contribution in [1.82, 2.24) is 0 Å². The van der Waals surface area contributed by atoms with Gasteiger partial charge in [-0.05, 0) is 55.0 Å². The third kappa shape index (κ3) is 2.65. The maximum absolute atomic E-state index is 10.5. The fourth-order valence-corrected chi connectivity index (χ4v) is 4.83. The van der Waals surface area contributed by atoms with Crippen molar-refractivity contribution >= 4 is 11.3 Å². The van der Waals surface area contributed by atoms with Gasteiger partial charge in [0.2, 0.25) is 0 Å². The largest absolute Gasteiger partial charge is 0.392 e. The molecule has 2 atom stereocenters. The van der Waals surface area contributed by atoms with E-state index in [-0.39, 0.29) is 6.10 Å². The lowest BCUT2D eigenvalue weighted by molar-refractivity contribution is 0.117. The van der Waals surface area contributed by atoms with Crippen molar-refractivity contribution in [2.45, 2.75) is 69.8 Å². The molecule has 3 rings (SSSR count). The van der Waals surface area contributed by atoms with Gasteiger partial charge in [-0.3, -0.25) is 0 Å². The van der Waals surface area contributed by atoms with E-state index in [1.165, 1.54) is 61.8 Å². The van der Waals surface area contributed by atoms with Crippen LogP contribution in [0.25, 0.3) is 0 Å². The van der Waals surface area contributed by atoms with Crippen molar-refractivity contribution < 1.29 is 5.11 Å². The number of hydrogen-bond acceptors (Lipinski definition) is 2. The molecule has 1 N–H and O–H groups in total. The Kier molecular flexibility index (Phi) is 4.05. The number of aryl methyl sites for hydroxylation is 1. The Labute approximate surface area is 114 Å². The average molecular weight is 264 g/mol. The summed E-state index contributed by atoms with van der Waals surface area (Å²) in [5, 5.41) is 12.7.